The molecule has 56 heavy (non-hydrogen) atoms. The van der Waals surface area contributed by atoms with Crippen LogP contribution >= 0.6 is 0 Å². The number of nitrogens with zero attached hydrogens (tertiary/aromatic N) is 2. The van der Waals surface area contributed by atoms with Gasteiger partial charge >= 0.3 is 0 Å². The fourth-order valence-corrected chi connectivity index (χ4v) is 9.32. The molecule has 0 atom stereocenters. The molecule has 1 heterocycles. The molecule has 9 aromatic carbocycles. The molecule has 1 aliphatic rings. The number of imidazole rings is 1. The zero-order valence-corrected chi connectivity index (χ0v) is 31.4. The fraction of sp³-hybridized carbons (Fsp3) is 0.0556. The van der Waals surface area contributed by atoms with E-state index in [1.54, 1.807) is 0 Å². The van der Waals surface area contributed by atoms with E-state index < -0.39 is 0 Å². The summed E-state index contributed by atoms with van der Waals surface area (Å²) in [6, 6.07) is 70.8. The van der Waals surface area contributed by atoms with E-state index in [2.05, 4.69) is 213 Å². The third kappa shape index (κ3) is 4.92. The van der Waals surface area contributed by atoms with Crippen molar-refractivity contribution in [3.63, 3.8) is 0 Å². The maximum atomic E-state index is 5.17. The van der Waals surface area contributed by atoms with E-state index in [1.165, 1.54) is 77.2 Å². The minimum atomic E-state index is -0.124. The Morgan fingerprint density at radius 3 is 1.77 bits per heavy atom. The summed E-state index contributed by atoms with van der Waals surface area (Å²) in [7, 11) is 0. The highest BCUT2D eigenvalue weighted by Crippen LogP contribution is 2.53. The Kier molecular flexibility index (Phi) is 7.24. The molecule has 0 radical (unpaired) electrons. The van der Waals surface area contributed by atoms with Gasteiger partial charge in [0.25, 0.3) is 0 Å². The number of para-hydroxylation sites is 3. The molecule has 0 saturated carbocycles. The van der Waals surface area contributed by atoms with Gasteiger partial charge in [-0.25, -0.2) is 4.98 Å². The first-order valence-corrected chi connectivity index (χ1v) is 19.5. The predicted octanol–water partition coefficient (Wildman–Crippen LogP) is 14.3. The lowest BCUT2D eigenvalue weighted by Gasteiger charge is -2.24. The van der Waals surface area contributed by atoms with Crippen molar-refractivity contribution in [3.8, 4) is 61.6 Å². The molecule has 0 fully saturated rings. The lowest BCUT2D eigenvalue weighted by atomic mass is 9.79. The topological polar surface area (TPSA) is 17.8 Å². The molecule has 10 aromatic rings. The maximum absolute atomic E-state index is 5.17. The van der Waals surface area contributed by atoms with Gasteiger partial charge in [-0.1, -0.05) is 166 Å². The predicted molar refractivity (Wildman–Crippen MR) is 235 cm³/mol. The zero-order chi connectivity index (χ0) is 37.4. The summed E-state index contributed by atoms with van der Waals surface area (Å²) in [4.78, 5) is 5.17. The van der Waals surface area contributed by atoms with Crippen LogP contribution < -0.4 is 0 Å². The van der Waals surface area contributed by atoms with Gasteiger partial charge in [0, 0.05) is 16.7 Å². The molecular weight excluding hydrogens is 677 g/mol. The normalized spacial score (nSPS) is 13.0. The molecule has 11 rings (SSSR count). The molecule has 0 bridgehead atoms. The first-order valence-electron chi connectivity index (χ1n) is 19.5. The van der Waals surface area contributed by atoms with Gasteiger partial charge in [0.15, 0.2) is 0 Å². The van der Waals surface area contributed by atoms with Crippen molar-refractivity contribution in [1.29, 1.82) is 0 Å². The first-order chi connectivity index (χ1) is 27.5. The number of aromatic nitrogens is 2. The van der Waals surface area contributed by atoms with E-state index in [4.69, 9.17) is 4.98 Å². The van der Waals surface area contributed by atoms with Crippen molar-refractivity contribution in [2.75, 3.05) is 0 Å². The quantitative estimate of drug-likeness (QED) is 0.162. The maximum Gasteiger partial charge on any atom is 0.145 e. The summed E-state index contributed by atoms with van der Waals surface area (Å²) in [6.07, 6.45) is 0. The van der Waals surface area contributed by atoms with Crippen LogP contribution in [0, 0.1) is 0 Å². The molecule has 0 aliphatic heterocycles. The summed E-state index contributed by atoms with van der Waals surface area (Å²) in [5.41, 5.74) is 16.9. The highest BCUT2D eigenvalue weighted by molar-refractivity contribution is 6.22. The molecule has 0 unspecified atom stereocenters. The summed E-state index contributed by atoms with van der Waals surface area (Å²) >= 11 is 0. The number of hydrogen-bond acceptors (Lipinski definition) is 1. The van der Waals surface area contributed by atoms with Crippen LogP contribution in [0.15, 0.2) is 194 Å². The fourth-order valence-electron chi connectivity index (χ4n) is 9.32. The van der Waals surface area contributed by atoms with Gasteiger partial charge in [-0.2, -0.15) is 0 Å². The van der Waals surface area contributed by atoms with Crippen LogP contribution in [-0.4, -0.2) is 9.55 Å². The summed E-state index contributed by atoms with van der Waals surface area (Å²) in [5, 5.41) is 5.04. The second-order valence-electron chi connectivity index (χ2n) is 15.5. The Bertz CT molecular complexity index is 3130. The SMILES string of the molecule is CC1(C)c2ccccc2-c2cc3c(-c4ccc(-c5nc6ccccc6n5-c5ccccc5)cc4)c4ccccc4c(-c4cccc(-c5ccccc5)c4)c3cc21. The van der Waals surface area contributed by atoms with E-state index >= 15 is 0 Å². The standard InChI is InChI=1S/C54H38N2/c1-54(2)47-25-12-11-22-41(47)44-33-45-46(34-48(44)54)52(39-19-15-18-38(32-39)35-16-5-3-6-17-35)43-24-10-9-23-42(43)51(45)36-28-30-37(31-29-36)53-55-49-26-13-14-27-50(49)56(53)40-20-7-4-8-21-40/h3-34H,1-2H3. The third-order valence-corrected chi connectivity index (χ3v) is 12.0. The van der Waals surface area contributed by atoms with Gasteiger partial charge < -0.3 is 0 Å². The van der Waals surface area contributed by atoms with E-state index in [0.717, 1.165) is 28.1 Å². The minimum Gasteiger partial charge on any atom is -0.292 e. The van der Waals surface area contributed by atoms with Gasteiger partial charge in [0.1, 0.15) is 5.82 Å². The minimum absolute atomic E-state index is 0.124. The van der Waals surface area contributed by atoms with Crippen molar-refractivity contribution >= 4 is 32.6 Å². The molecule has 0 spiro atoms. The number of benzene rings is 9. The van der Waals surface area contributed by atoms with Crippen LogP contribution in [0.3, 0.4) is 0 Å². The van der Waals surface area contributed by atoms with Crippen LogP contribution in [0.5, 0.6) is 0 Å². The Morgan fingerprint density at radius 2 is 0.982 bits per heavy atom. The molecule has 264 valence electrons. The van der Waals surface area contributed by atoms with Crippen molar-refractivity contribution in [2.45, 2.75) is 19.3 Å². The van der Waals surface area contributed by atoms with Gasteiger partial charge in [-0.15, -0.1) is 0 Å². The van der Waals surface area contributed by atoms with E-state index in [-0.39, 0.29) is 5.41 Å². The molecule has 0 N–H and O–H groups in total. The largest absolute Gasteiger partial charge is 0.292 e. The van der Waals surface area contributed by atoms with Gasteiger partial charge in [-0.3, -0.25) is 4.57 Å². The monoisotopic (exact) mass is 714 g/mol. The van der Waals surface area contributed by atoms with Crippen molar-refractivity contribution in [1.82, 2.24) is 9.55 Å². The molecular formula is C54H38N2. The number of fused-ring (bicyclic) bond motifs is 6. The second-order valence-corrected chi connectivity index (χ2v) is 15.5. The average molecular weight is 715 g/mol. The Labute approximate surface area is 327 Å². The molecule has 2 nitrogen and oxygen atoms in total. The second kappa shape index (κ2) is 12.5. The van der Waals surface area contributed by atoms with Gasteiger partial charge in [0.2, 0.25) is 0 Å². The van der Waals surface area contributed by atoms with Crippen LogP contribution in [-0.2, 0) is 5.41 Å². The van der Waals surface area contributed by atoms with Gasteiger partial charge in [-0.05, 0) is 120 Å². The first kappa shape index (κ1) is 32.4. The van der Waals surface area contributed by atoms with E-state index in [0.29, 0.717) is 0 Å². The molecule has 2 heteroatoms. The van der Waals surface area contributed by atoms with Crippen LogP contribution in [0.4, 0.5) is 0 Å². The number of rotatable bonds is 5. The van der Waals surface area contributed by atoms with E-state index in [9.17, 15) is 0 Å². The smallest absolute Gasteiger partial charge is 0.145 e. The lowest BCUT2D eigenvalue weighted by molar-refractivity contribution is 0.661. The molecule has 1 aliphatic carbocycles. The van der Waals surface area contributed by atoms with Crippen molar-refractivity contribution in [2.24, 2.45) is 0 Å². The zero-order valence-electron chi connectivity index (χ0n) is 31.4. The summed E-state index contributed by atoms with van der Waals surface area (Å²) in [6.45, 7) is 4.76. The summed E-state index contributed by atoms with van der Waals surface area (Å²) in [5.74, 6) is 0.934. The Hall–Kier alpha value is -7.03. The van der Waals surface area contributed by atoms with Crippen molar-refractivity contribution in [3.05, 3.63) is 205 Å². The lowest BCUT2D eigenvalue weighted by Crippen LogP contribution is -2.14. The molecule has 0 saturated heterocycles. The highest BCUT2D eigenvalue weighted by atomic mass is 15.1. The third-order valence-electron chi connectivity index (χ3n) is 12.0. The van der Waals surface area contributed by atoms with Crippen LogP contribution in [0.25, 0.3) is 94.2 Å². The van der Waals surface area contributed by atoms with Crippen LogP contribution in [0.1, 0.15) is 25.0 Å². The van der Waals surface area contributed by atoms with E-state index in [1.807, 2.05) is 0 Å². The average Bonchev–Trinajstić information content (AvgIpc) is 3.75. The van der Waals surface area contributed by atoms with Crippen LogP contribution in [0.2, 0.25) is 0 Å². The summed E-state index contributed by atoms with van der Waals surface area (Å²) < 4.78 is 2.27. The highest BCUT2D eigenvalue weighted by Gasteiger charge is 2.36. The molecule has 1 aromatic heterocycles. The Balaban J connectivity index is 1.18. The van der Waals surface area contributed by atoms with Gasteiger partial charge in [0.05, 0.1) is 11.0 Å². The van der Waals surface area contributed by atoms with Crippen molar-refractivity contribution < 1.29 is 0 Å². The molecule has 0 amide bonds. The Morgan fingerprint density at radius 1 is 0.393 bits per heavy atom. The number of hydrogen-bond donors (Lipinski definition) is 0.